The SMILES string of the molecule is O=C(Nc1ccc(Br)cc1)c1ccc2nc(Nc3cc(CNC(=O)C4(C(F)(F)F)CC4)ccc3Cl)[nH]c2c1. The number of carbonyl (C=O) groups is 2. The largest absolute Gasteiger partial charge is 0.403 e. The van der Waals surface area contributed by atoms with Gasteiger partial charge in [0.2, 0.25) is 11.9 Å². The number of fused-ring (bicyclic) bond motifs is 1. The van der Waals surface area contributed by atoms with Crippen LogP contribution in [0.2, 0.25) is 5.02 Å². The molecule has 12 heteroatoms. The Morgan fingerprint density at radius 3 is 2.47 bits per heavy atom. The first kappa shape index (κ1) is 26.1. The molecule has 1 heterocycles. The van der Waals surface area contributed by atoms with Crippen molar-refractivity contribution >= 4 is 67.7 Å². The van der Waals surface area contributed by atoms with Gasteiger partial charge in [0, 0.05) is 22.3 Å². The molecule has 3 aromatic carbocycles. The van der Waals surface area contributed by atoms with E-state index >= 15 is 0 Å². The minimum absolute atomic E-state index is 0.0838. The lowest BCUT2D eigenvalue weighted by Crippen LogP contribution is -2.40. The second kappa shape index (κ2) is 9.95. The number of aromatic amines is 1. The minimum atomic E-state index is -4.56. The molecule has 1 fully saturated rings. The van der Waals surface area contributed by atoms with Crippen LogP contribution < -0.4 is 16.0 Å². The molecule has 7 nitrogen and oxygen atoms in total. The normalized spacial score (nSPS) is 14.2. The fourth-order valence-electron chi connectivity index (χ4n) is 3.97. The first-order valence-electron chi connectivity index (χ1n) is 11.5. The Bertz CT molecular complexity index is 1530. The molecule has 0 bridgehead atoms. The number of nitrogens with zero attached hydrogens (tertiary/aromatic N) is 1. The van der Waals surface area contributed by atoms with Gasteiger partial charge in [0.15, 0.2) is 0 Å². The summed E-state index contributed by atoms with van der Waals surface area (Å²) in [6.45, 7) is -0.0838. The molecule has 38 heavy (non-hydrogen) atoms. The van der Waals surface area contributed by atoms with Crippen LogP contribution in [0.1, 0.15) is 28.8 Å². The molecular weight excluding hydrogens is 587 g/mol. The van der Waals surface area contributed by atoms with Gasteiger partial charge in [0.25, 0.3) is 5.91 Å². The summed E-state index contributed by atoms with van der Waals surface area (Å²) in [5.74, 6) is -0.955. The number of hydrogen-bond donors (Lipinski definition) is 4. The van der Waals surface area contributed by atoms with Crippen LogP contribution in [0.15, 0.2) is 65.1 Å². The standard InChI is InChI=1S/C26H20BrClF3N5O2/c27-16-3-5-17(6-4-16)33-22(37)15-2-8-19-21(12-15)36-24(34-19)35-20-11-14(1-7-18(20)28)13-32-23(38)25(9-10-25)26(29,30)31/h1-8,11-12H,9-10,13H2,(H,32,38)(H,33,37)(H2,34,35,36). The summed E-state index contributed by atoms with van der Waals surface area (Å²) in [5, 5.41) is 8.62. The predicted molar refractivity (Wildman–Crippen MR) is 142 cm³/mol. The average Bonchev–Trinajstić information content (AvgIpc) is 3.61. The van der Waals surface area contributed by atoms with Crippen LogP contribution in [0.25, 0.3) is 11.0 Å². The zero-order valence-corrected chi connectivity index (χ0v) is 21.9. The highest BCUT2D eigenvalue weighted by Gasteiger charge is 2.68. The van der Waals surface area contributed by atoms with Crippen molar-refractivity contribution < 1.29 is 22.8 Å². The summed E-state index contributed by atoms with van der Waals surface area (Å²) in [5.41, 5.74) is 1.03. The Hall–Kier alpha value is -3.57. The highest BCUT2D eigenvalue weighted by atomic mass is 79.9. The number of hydrogen-bond acceptors (Lipinski definition) is 4. The Morgan fingerprint density at radius 1 is 1.05 bits per heavy atom. The zero-order chi connectivity index (χ0) is 27.1. The van der Waals surface area contributed by atoms with E-state index in [1.54, 1.807) is 48.5 Å². The molecule has 0 atom stereocenters. The summed E-state index contributed by atoms with van der Waals surface area (Å²) in [6.07, 6.45) is -4.96. The van der Waals surface area contributed by atoms with E-state index in [2.05, 4.69) is 41.8 Å². The van der Waals surface area contributed by atoms with E-state index in [1.165, 1.54) is 0 Å². The van der Waals surface area contributed by atoms with Gasteiger partial charge in [-0.1, -0.05) is 33.6 Å². The van der Waals surface area contributed by atoms with Crippen LogP contribution >= 0.6 is 27.5 Å². The lowest BCUT2D eigenvalue weighted by Gasteiger charge is -2.18. The molecule has 1 aliphatic rings. The lowest BCUT2D eigenvalue weighted by atomic mass is 10.1. The van der Waals surface area contributed by atoms with Crippen molar-refractivity contribution in [2.45, 2.75) is 25.6 Å². The van der Waals surface area contributed by atoms with Crippen LogP contribution in [0, 0.1) is 5.41 Å². The van der Waals surface area contributed by atoms with E-state index in [1.807, 2.05) is 12.1 Å². The van der Waals surface area contributed by atoms with E-state index in [0.29, 0.717) is 44.5 Å². The number of nitrogens with one attached hydrogen (secondary N) is 4. The van der Waals surface area contributed by atoms with E-state index < -0.39 is 17.5 Å². The fourth-order valence-corrected chi connectivity index (χ4v) is 4.40. The number of alkyl halides is 3. The summed E-state index contributed by atoms with van der Waals surface area (Å²) < 4.78 is 40.4. The van der Waals surface area contributed by atoms with Crippen LogP contribution in [0.5, 0.6) is 0 Å². The molecule has 5 rings (SSSR count). The summed E-state index contributed by atoms with van der Waals surface area (Å²) in [7, 11) is 0. The van der Waals surface area contributed by atoms with Crippen LogP contribution in [-0.4, -0.2) is 28.0 Å². The van der Waals surface area contributed by atoms with Crippen molar-refractivity contribution in [1.29, 1.82) is 0 Å². The number of benzene rings is 3. The molecule has 4 aromatic rings. The summed E-state index contributed by atoms with van der Waals surface area (Å²) in [4.78, 5) is 32.4. The van der Waals surface area contributed by atoms with Crippen molar-refractivity contribution in [1.82, 2.24) is 15.3 Å². The first-order valence-corrected chi connectivity index (χ1v) is 12.7. The maximum absolute atomic E-state index is 13.2. The predicted octanol–water partition coefficient (Wildman–Crippen LogP) is 6.93. The third-order valence-electron chi connectivity index (χ3n) is 6.31. The lowest BCUT2D eigenvalue weighted by molar-refractivity contribution is -0.192. The van der Waals surface area contributed by atoms with Crippen molar-refractivity contribution in [3.63, 3.8) is 0 Å². The Kier molecular flexibility index (Phi) is 6.83. The van der Waals surface area contributed by atoms with Gasteiger partial charge in [-0.2, -0.15) is 13.2 Å². The topological polar surface area (TPSA) is 98.9 Å². The zero-order valence-electron chi connectivity index (χ0n) is 19.5. The molecule has 196 valence electrons. The van der Waals surface area contributed by atoms with Gasteiger partial charge in [0.1, 0.15) is 5.41 Å². The van der Waals surface area contributed by atoms with Gasteiger partial charge in [-0.25, -0.2) is 4.98 Å². The number of H-pyrrole nitrogens is 1. The van der Waals surface area contributed by atoms with Crippen molar-refractivity contribution in [2.24, 2.45) is 5.41 Å². The summed E-state index contributed by atoms with van der Waals surface area (Å²) in [6, 6.07) is 17.1. The first-order chi connectivity index (χ1) is 18.0. The molecule has 0 saturated heterocycles. The van der Waals surface area contributed by atoms with E-state index in [9.17, 15) is 22.8 Å². The second-order valence-corrected chi connectivity index (χ2v) is 10.3. The molecule has 2 amide bonds. The maximum Gasteiger partial charge on any atom is 0.403 e. The molecule has 1 aromatic heterocycles. The van der Waals surface area contributed by atoms with E-state index in [-0.39, 0.29) is 25.3 Å². The monoisotopic (exact) mass is 605 g/mol. The number of aromatic nitrogens is 2. The maximum atomic E-state index is 13.2. The number of carbonyl (C=O) groups excluding carboxylic acids is 2. The third kappa shape index (κ3) is 5.34. The fraction of sp³-hybridized carbons (Fsp3) is 0.192. The molecule has 1 saturated carbocycles. The molecule has 1 aliphatic carbocycles. The number of anilines is 3. The van der Waals surface area contributed by atoms with Crippen LogP contribution in [0.4, 0.5) is 30.5 Å². The highest BCUT2D eigenvalue weighted by Crippen LogP contribution is 2.57. The molecule has 0 unspecified atom stereocenters. The smallest absolute Gasteiger partial charge is 0.351 e. The molecule has 0 spiro atoms. The number of halogens is 5. The van der Waals surface area contributed by atoms with Gasteiger partial charge in [-0.05, 0) is 73.0 Å². The van der Waals surface area contributed by atoms with Gasteiger partial charge in [0.05, 0.1) is 21.7 Å². The quantitative estimate of drug-likeness (QED) is 0.183. The number of imidazole rings is 1. The van der Waals surface area contributed by atoms with Crippen molar-refractivity contribution in [2.75, 3.05) is 10.6 Å². The van der Waals surface area contributed by atoms with E-state index in [4.69, 9.17) is 11.6 Å². The second-order valence-electron chi connectivity index (χ2n) is 8.98. The van der Waals surface area contributed by atoms with Crippen molar-refractivity contribution in [3.05, 3.63) is 81.3 Å². The van der Waals surface area contributed by atoms with Gasteiger partial charge in [-0.3, -0.25) is 9.59 Å². The van der Waals surface area contributed by atoms with Gasteiger partial charge >= 0.3 is 6.18 Å². The van der Waals surface area contributed by atoms with Crippen LogP contribution in [-0.2, 0) is 11.3 Å². The minimum Gasteiger partial charge on any atom is -0.351 e. The van der Waals surface area contributed by atoms with Crippen LogP contribution in [0.3, 0.4) is 0 Å². The highest BCUT2D eigenvalue weighted by molar-refractivity contribution is 9.10. The summed E-state index contributed by atoms with van der Waals surface area (Å²) >= 11 is 9.66. The third-order valence-corrected chi connectivity index (χ3v) is 7.17. The Morgan fingerprint density at radius 2 is 1.79 bits per heavy atom. The number of rotatable bonds is 7. The molecule has 0 radical (unpaired) electrons. The Labute approximate surface area is 228 Å². The Balaban J connectivity index is 1.27. The van der Waals surface area contributed by atoms with Gasteiger partial charge < -0.3 is 20.9 Å². The molecule has 4 N–H and O–H groups in total. The molecule has 0 aliphatic heterocycles. The van der Waals surface area contributed by atoms with E-state index in [0.717, 1.165) is 4.47 Å². The average molecular weight is 607 g/mol. The van der Waals surface area contributed by atoms with Crippen molar-refractivity contribution in [3.8, 4) is 0 Å². The van der Waals surface area contributed by atoms with Gasteiger partial charge in [-0.15, -0.1) is 0 Å². The number of amides is 2. The molecular formula is C26H20BrClF3N5O2.